The molecule has 1 rings (SSSR count). The van der Waals surface area contributed by atoms with Gasteiger partial charge in [0.05, 0.1) is 10.0 Å². The van der Waals surface area contributed by atoms with Crippen molar-refractivity contribution in [3.8, 4) is 0 Å². The molecule has 14 heavy (non-hydrogen) atoms. The quantitative estimate of drug-likeness (QED) is 0.447. The predicted molar refractivity (Wildman–Crippen MR) is 57.6 cm³/mol. The first-order valence-corrected chi connectivity index (χ1v) is 4.44. The van der Waals surface area contributed by atoms with Crippen LogP contribution >= 0.6 is 23.2 Å². The molecule has 0 aromatic heterocycles. The summed E-state index contributed by atoms with van der Waals surface area (Å²) in [7, 11) is 1.52. The third kappa shape index (κ3) is 2.49. The van der Waals surface area contributed by atoms with Gasteiger partial charge in [0.15, 0.2) is 11.8 Å². The van der Waals surface area contributed by atoms with Crippen LogP contribution in [0.25, 0.3) is 0 Å². The molecule has 0 heterocycles. The van der Waals surface area contributed by atoms with Gasteiger partial charge in [-0.05, 0) is 12.1 Å². The summed E-state index contributed by atoms with van der Waals surface area (Å²) in [5, 5.41) is 2.56. The lowest BCUT2D eigenvalue weighted by Gasteiger charge is -2.06. The number of anilines is 1. The maximum atomic E-state index is 13.0. The van der Waals surface area contributed by atoms with E-state index in [0.29, 0.717) is 5.69 Å². The molecule has 0 atom stereocenters. The molecule has 0 aliphatic carbocycles. The third-order valence-corrected chi connectivity index (χ3v) is 2.05. The van der Waals surface area contributed by atoms with Crippen LogP contribution in [0.1, 0.15) is 0 Å². The number of nitrogens with two attached hydrogens (primary N) is 1. The molecule has 0 saturated heterocycles. The lowest BCUT2D eigenvalue weighted by Crippen LogP contribution is -2.22. The number of nitrogens with zero attached hydrogens (tertiary/aromatic N) is 1. The van der Waals surface area contributed by atoms with E-state index in [1.165, 1.54) is 19.2 Å². The van der Waals surface area contributed by atoms with Crippen molar-refractivity contribution in [2.45, 2.75) is 0 Å². The Labute approximate surface area is 90.7 Å². The molecule has 3 N–H and O–H groups in total. The number of aliphatic imine (C=N–C) groups is 1. The fourth-order valence-corrected chi connectivity index (χ4v) is 1.32. The van der Waals surface area contributed by atoms with E-state index in [9.17, 15) is 4.39 Å². The minimum Gasteiger partial charge on any atom is -0.370 e. The molecule has 0 saturated carbocycles. The molecule has 0 aliphatic rings. The van der Waals surface area contributed by atoms with Gasteiger partial charge in [-0.2, -0.15) is 0 Å². The smallest absolute Gasteiger partial charge is 0.192 e. The van der Waals surface area contributed by atoms with E-state index in [1.54, 1.807) is 0 Å². The molecule has 0 bridgehead atoms. The standard InChI is InChI=1S/C8H8Cl2FN3/c1-13-8(12)14-4-2-5(9)7(11)6(10)3-4/h2-3H,1H3,(H3,12,13,14). The van der Waals surface area contributed by atoms with Crippen LogP contribution in [0.5, 0.6) is 0 Å². The molecule has 0 unspecified atom stereocenters. The summed E-state index contributed by atoms with van der Waals surface area (Å²) < 4.78 is 13.0. The van der Waals surface area contributed by atoms with Crippen LogP contribution in [-0.2, 0) is 0 Å². The van der Waals surface area contributed by atoms with E-state index < -0.39 is 5.82 Å². The normalized spacial score (nSPS) is 11.6. The van der Waals surface area contributed by atoms with Gasteiger partial charge in [0.25, 0.3) is 0 Å². The van der Waals surface area contributed by atoms with Crippen molar-refractivity contribution in [3.63, 3.8) is 0 Å². The summed E-state index contributed by atoms with van der Waals surface area (Å²) in [5.41, 5.74) is 5.89. The van der Waals surface area contributed by atoms with Gasteiger partial charge in [-0.1, -0.05) is 23.2 Å². The molecule has 0 radical (unpaired) electrons. The number of guanidine groups is 1. The van der Waals surface area contributed by atoms with Crippen molar-refractivity contribution in [3.05, 3.63) is 28.0 Å². The lowest BCUT2D eigenvalue weighted by atomic mass is 10.3. The van der Waals surface area contributed by atoms with Gasteiger partial charge < -0.3 is 11.1 Å². The maximum absolute atomic E-state index is 13.0. The molecule has 1 aromatic rings. The number of halogens is 3. The summed E-state index contributed by atoms with van der Waals surface area (Å²) in [6.07, 6.45) is 0. The largest absolute Gasteiger partial charge is 0.370 e. The first-order chi connectivity index (χ1) is 6.54. The average Bonchev–Trinajstić information content (AvgIpc) is 2.14. The van der Waals surface area contributed by atoms with E-state index in [0.717, 1.165) is 0 Å². The Morgan fingerprint density at radius 3 is 2.36 bits per heavy atom. The highest BCUT2D eigenvalue weighted by Gasteiger charge is 2.07. The maximum Gasteiger partial charge on any atom is 0.192 e. The first kappa shape index (κ1) is 11.1. The van der Waals surface area contributed by atoms with Gasteiger partial charge in [-0.3, -0.25) is 4.99 Å². The third-order valence-electron chi connectivity index (χ3n) is 1.50. The fourth-order valence-electron chi connectivity index (χ4n) is 0.831. The molecule has 0 aliphatic heterocycles. The van der Waals surface area contributed by atoms with Crippen molar-refractivity contribution in [1.82, 2.24) is 0 Å². The minimum atomic E-state index is -0.647. The Morgan fingerprint density at radius 2 is 1.93 bits per heavy atom. The summed E-state index contributed by atoms with van der Waals surface area (Å²) >= 11 is 11.1. The monoisotopic (exact) mass is 235 g/mol. The zero-order valence-corrected chi connectivity index (χ0v) is 8.83. The molecule has 3 nitrogen and oxygen atoms in total. The first-order valence-electron chi connectivity index (χ1n) is 3.68. The van der Waals surface area contributed by atoms with Crippen molar-refractivity contribution in [2.24, 2.45) is 10.7 Å². The van der Waals surface area contributed by atoms with Crippen LogP contribution in [0.4, 0.5) is 10.1 Å². The van der Waals surface area contributed by atoms with Gasteiger partial charge in [0.1, 0.15) is 0 Å². The second-order valence-corrected chi connectivity index (χ2v) is 3.30. The Bertz CT molecular complexity index is 356. The highest BCUT2D eigenvalue weighted by atomic mass is 35.5. The average molecular weight is 236 g/mol. The number of hydrogen-bond donors (Lipinski definition) is 2. The van der Waals surface area contributed by atoms with E-state index in [-0.39, 0.29) is 16.0 Å². The van der Waals surface area contributed by atoms with Gasteiger partial charge in [0, 0.05) is 12.7 Å². The van der Waals surface area contributed by atoms with Crippen LogP contribution < -0.4 is 11.1 Å². The van der Waals surface area contributed by atoms with Crippen LogP contribution in [0, 0.1) is 5.82 Å². The Hall–Kier alpha value is -1.00. The molecule has 76 valence electrons. The van der Waals surface area contributed by atoms with E-state index in [4.69, 9.17) is 28.9 Å². The fraction of sp³-hybridized carbons (Fsp3) is 0.125. The number of nitrogens with one attached hydrogen (secondary N) is 1. The van der Waals surface area contributed by atoms with E-state index in [2.05, 4.69) is 10.3 Å². The van der Waals surface area contributed by atoms with Gasteiger partial charge in [0.2, 0.25) is 0 Å². The zero-order valence-electron chi connectivity index (χ0n) is 7.31. The summed E-state index contributed by atoms with van der Waals surface area (Å²) in [6.45, 7) is 0. The topological polar surface area (TPSA) is 50.4 Å². The highest BCUT2D eigenvalue weighted by molar-refractivity contribution is 6.35. The molecule has 1 aromatic carbocycles. The zero-order chi connectivity index (χ0) is 10.7. The number of benzene rings is 1. The predicted octanol–water partition coefficient (Wildman–Crippen LogP) is 2.49. The van der Waals surface area contributed by atoms with E-state index in [1.807, 2.05) is 0 Å². The molecule has 0 fully saturated rings. The van der Waals surface area contributed by atoms with Crippen molar-refractivity contribution in [1.29, 1.82) is 0 Å². The molecule has 0 spiro atoms. The second kappa shape index (κ2) is 4.48. The Kier molecular flexibility index (Phi) is 3.55. The Morgan fingerprint density at radius 1 is 1.43 bits per heavy atom. The molecule has 0 amide bonds. The van der Waals surface area contributed by atoms with Crippen LogP contribution in [-0.4, -0.2) is 13.0 Å². The van der Waals surface area contributed by atoms with Crippen LogP contribution in [0.15, 0.2) is 17.1 Å². The summed E-state index contributed by atoms with van der Waals surface area (Å²) in [4.78, 5) is 3.67. The van der Waals surface area contributed by atoms with Gasteiger partial charge in [-0.25, -0.2) is 4.39 Å². The molecular formula is C8H8Cl2FN3. The second-order valence-electron chi connectivity index (χ2n) is 2.49. The van der Waals surface area contributed by atoms with Crippen LogP contribution in [0.3, 0.4) is 0 Å². The molecular weight excluding hydrogens is 228 g/mol. The van der Waals surface area contributed by atoms with Gasteiger partial charge in [-0.15, -0.1) is 0 Å². The van der Waals surface area contributed by atoms with Crippen molar-refractivity contribution >= 4 is 34.8 Å². The summed E-state index contributed by atoms with van der Waals surface area (Å²) in [6, 6.07) is 2.75. The molecule has 6 heteroatoms. The Balaban J connectivity index is 3.01. The SMILES string of the molecule is CN=C(N)Nc1cc(Cl)c(F)c(Cl)c1. The lowest BCUT2D eigenvalue weighted by molar-refractivity contribution is 0.629. The van der Waals surface area contributed by atoms with Crippen molar-refractivity contribution in [2.75, 3.05) is 12.4 Å². The number of hydrogen-bond acceptors (Lipinski definition) is 1. The van der Waals surface area contributed by atoms with Gasteiger partial charge >= 0.3 is 0 Å². The van der Waals surface area contributed by atoms with Crippen molar-refractivity contribution < 1.29 is 4.39 Å². The minimum absolute atomic E-state index is 0.0658. The number of rotatable bonds is 1. The highest BCUT2D eigenvalue weighted by Crippen LogP contribution is 2.27. The van der Waals surface area contributed by atoms with E-state index >= 15 is 0 Å². The summed E-state index contributed by atoms with van der Waals surface area (Å²) in [5.74, 6) is -0.449. The van der Waals surface area contributed by atoms with Crippen LogP contribution in [0.2, 0.25) is 10.0 Å².